The van der Waals surface area contributed by atoms with E-state index < -0.39 is 4.30 Å². The first kappa shape index (κ1) is 9.92. The van der Waals surface area contributed by atoms with Gasteiger partial charge < -0.3 is 5.21 Å². The Morgan fingerprint density at radius 1 is 1.17 bits per heavy atom. The molecule has 3 N–H and O–H groups in total. The third kappa shape index (κ3) is 110. The minimum atomic E-state index is -0.750. The molecule has 0 fully saturated rings. The Morgan fingerprint density at radius 3 is 1.17 bits per heavy atom. The molecule has 0 spiro atoms. The van der Waals surface area contributed by atoms with E-state index in [2.05, 4.69) is 5.90 Å². The molecule has 0 bridgehead atoms. The topological polar surface area (TPSA) is 46.2 Å². The summed E-state index contributed by atoms with van der Waals surface area (Å²) < 4.78 is -0.750. The monoisotopic (exact) mass is 151 g/mol. The number of hydrogen-bond donors (Lipinski definition) is 2. The molecule has 0 saturated carbocycles. The van der Waals surface area contributed by atoms with E-state index in [1.165, 1.54) is 0 Å². The predicted octanol–water partition coefficient (Wildman–Crippen LogP) is 1.32. The van der Waals surface area contributed by atoms with E-state index >= 15 is 0 Å². The molecule has 0 aromatic rings. The van der Waals surface area contributed by atoms with Gasteiger partial charge in [-0.05, 0) is 0 Å². The predicted molar refractivity (Wildman–Crippen MR) is 27.3 cm³/mol. The van der Waals surface area contributed by atoms with E-state index in [1.54, 1.807) is 0 Å². The van der Waals surface area contributed by atoms with Crippen molar-refractivity contribution in [2.24, 2.45) is 5.90 Å². The minimum Gasteiger partial charge on any atom is -0.320 e. The molecule has 0 aliphatic carbocycles. The Bertz CT molecular complexity index is 15.5. The molecular weight excluding hydrogens is 148 g/mol. The fourth-order valence-electron chi connectivity index (χ4n) is 0. The molecule has 6 heavy (non-hydrogen) atoms. The van der Waals surface area contributed by atoms with Gasteiger partial charge in [0, 0.05) is 0 Å². The lowest BCUT2D eigenvalue weighted by atomic mass is 11.9. The van der Waals surface area contributed by atoms with E-state index in [4.69, 9.17) is 40.0 Å². The van der Waals surface area contributed by atoms with Gasteiger partial charge in [-0.2, -0.15) is 0 Å². The Kier molecular flexibility index (Phi) is 15.3. The maximum Gasteiger partial charge on any atom is 0.180 e. The highest BCUT2D eigenvalue weighted by Gasteiger charge is 1.78. The van der Waals surface area contributed by atoms with Crippen LogP contribution in [0.25, 0.3) is 0 Å². The highest BCUT2D eigenvalue weighted by molar-refractivity contribution is 6.63. The molecule has 0 atom stereocenters. The fraction of sp³-hybridized carbons (Fsp3) is 1.00. The van der Waals surface area contributed by atoms with Crippen LogP contribution in [0, 0.1) is 0 Å². The van der Waals surface area contributed by atoms with E-state index in [0.717, 1.165) is 0 Å². The smallest absolute Gasteiger partial charge is 0.180 e. The van der Waals surface area contributed by atoms with Crippen molar-refractivity contribution < 1.29 is 5.21 Å². The molecule has 0 radical (unpaired) electrons. The van der Waals surface area contributed by atoms with Gasteiger partial charge in [0.1, 0.15) is 0 Å². The molecule has 0 aromatic heterocycles. The van der Waals surface area contributed by atoms with Gasteiger partial charge in [-0.15, -0.1) is 0 Å². The van der Waals surface area contributed by atoms with Gasteiger partial charge in [-0.1, -0.05) is 34.8 Å². The van der Waals surface area contributed by atoms with Crippen molar-refractivity contribution in [3.63, 3.8) is 0 Å². The SMILES string of the molecule is ClC(Cl)Cl.NO. The van der Waals surface area contributed by atoms with Gasteiger partial charge in [0.25, 0.3) is 0 Å². The third-order valence-corrected chi connectivity index (χ3v) is 0. The first-order chi connectivity index (χ1) is 2.73. The van der Waals surface area contributed by atoms with E-state index in [1.807, 2.05) is 0 Å². The van der Waals surface area contributed by atoms with Gasteiger partial charge in [0.2, 0.25) is 0 Å². The quantitative estimate of drug-likeness (QED) is 0.406. The number of halogens is 3. The van der Waals surface area contributed by atoms with Gasteiger partial charge in [0.05, 0.1) is 0 Å². The molecule has 5 heteroatoms. The summed E-state index contributed by atoms with van der Waals surface area (Å²) in [6.45, 7) is 0. The largest absolute Gasteiger partial charge is 0.320 e. The summed E-state index contributed by atoms with van der Waals surface area (Å²) in [4.78, 5) is 0. The van der Waals surface area contributed by atoms with Crippen LogP contribution in [0.2, 0.25) is 0 Å². The van der Waals surface area contributed by atoms with Crippen molar-refractivity contribution >= 4 is 34.8 Å². The second-order valence-corrected chi connectivity index (χ2v) is 2.23. The molecule has 0 saturated heterocycles. The molecule has 0 amide bonds. The zero-order valence-corrected chi connectivity index (χ0v) is 5.00. The first-order valence-corrected chi connectivity index (χ1v) is 2.22. The third-order valence-electron chi connectivity index (χ3n) is 0. The standard InChI is InChI=1S/CHCl3.H3NO/c2-1(3)4;1-2/h1H;2H,1H2. The first-order valence-electron chi connectivity index (χ1n) is 0.913. The van der Waals surface area contributed by atoms with Crippen LogP contribution in [0.5, 0.6) is 0 Å². The summed E-state index contributed by atoms with van der Waals surface area (Å²) in [5.41, 5.74) is 0. The second kappa shape index (κ2) is 9.25. The molecule has 2 nitrogen and oxygen atoms in total. The van der Waals surface area contributed by atoms with Crippen LogP contribution < -0.4 is 5.90 Å². The van der Waals surface area contributed by atoms with E-state index in [9.17, 15) is 0 Å². The lowest BCUT2D eigenvalue weighted by Crippen LogP contribution is -1.72. The van der Waals surface area contributed by atoms with E-state index in [-0.39, 0.29) is 0 Å². The van der Waals surface area contributed by atoms with Crippen LogP contribution in [0.3, 0.4) is 0 Å². The van der Waals surface area contributed by atoms with Gasteiger partial charge in [0.15, 0.2) is 4.30 Å². The molecule has 0 rings (SSSR count). The lowest BCUT2D eigenvalue weighted by molar-refractivity contribution is 0.311. The maximum absolute atomic E-state index is 6.50. The van der Waals surface area contributed by atoms with Crippen molar-refractivity contribution in [1.29, 1.82) is 0 Å². The van der Waals surface area contributed by atoms with Crippen LogP contribution in [0.15, 0.2) is 0 Å². The highest BCUT2D eigenvalue weighted by Crippen LogP contribution is 2.03. The Balaban J connectivity index is 0. The number of alkyl halides is 3. The maximum atomic E-state index is 6.50. The number of nitrogens with two attached hydrogens (primary N) is 1. The molecule has 0 aliphatic heterocycles. The summed E-state index contributed by atoms with van der Waals surface area (Å²) in [5.74, 6) is 3.50. The molecule has 0 aliphatic rings. The van der Waals surface area contributed by atoms with Crippen LogP contribution in [0.4, 0.5) is 0 Å². The Labute approximate surface area is 50.7 Å². The average molecular weight is 152 g/mol. The van der Waals surface area contributed by atoms with Crippen LogP contribution >= 0.6 is 34.8 Å². The van der Waals surface area contributed by atoms with Crippen LogP contribution in [-0.4, -0.2) is 9.50 Å². The molecular formula is CH4Cl3NO. The Hall–Kier alpha value is 0.790. The lowest BCUT2D eigenvalue weighted by Gasteiger charge is -1.69. The fourth-order valence-corrected chi connectivity index (χ4v) is 0. The molecule has 0 aromatic carbocycles. The van der Waals surface area contributed by atoms with E-state index in [0.29, 0.717) is 0 Å². The van der Waals surface area contributed by atoms with Crippen molar-refractivity contribution in [3.05, 3.63) is 0 Å². The van der Waals surface area contributed by atoms with Crippen molar-refractivity contribution in [3.8, 4) is 0 Å². The second-order valence-electron chi connectivity index (χ2n) is 0.247. The molecule has 40 valence electrons. The average Bonchev–Trinajstić information content (AvgIpc) is 1.41. The van der Waals surface area contributed by atoms with Gasteiger partial charge >= 0.3 is 0 Å². The van der Waals surface area contributed by atoms with Crippen molar-refractivity contribution in [2.75, 3.05) is 0 Å². The summed E-state index contributed by atoms with van der Waals surface area (Å²) >= 11 is 14.4. The molecule has 0 unspecified atom stereocenters. The number of hydrogen-bond acceptors (Lipinski definition) is 2. The minimum absolute atomic E-state index is 0.750. The summed E-state index contributed by atoms with van der Waals surface area (Å²) in [6, 6.07) is 0. The highest BCUT2D eigenvalue weighted by atomic mass is 35.6. The van der Waals surface area contributed by atoms with Crippen molar-refractivity contribution in [2.45, 2.75) is 4.30 Å². The zero-order chi connectivity index (χ0) is 5.58. The summed E-state index contributed by atoms with van der Waals surface area (Å²) in [5, 5.41) is 6.50. The zero-order valence-electron chi connectivity index (χ0n) is 2.74. The summed E-state index contributed by atoms with van der Waals surface area (Å²) in [6.07, 6.45) is 0. The van der Waals surface area contributed by atoms with Gasteiger partial charge in [-0.25, -0.2) is 5.90 Å². The van der Waals surface area contributed by atoms with Crippen LogP contribution in [-0.2, 0) is 0 Å². The van der Waals surface area contributed by atoms with Gasteiger partial charge in [-0.3, -0.25) is 0 Å². The normalized spacial score (nSPS) is 7.00. The Morgan fingerprint density at radius 2 is 1.17 bits per heavy atom. The number of rotatable bonds is 0. The summed E-state index contributed by atoms with van der Waals surface area (Å²) in [7, 11) is 0. The molecule has 0 heterocycles. The van der Waals surface area contributed by atoms with Crippen LogP contribution in [0.1, 0.15) is 0 Å². The van der Waals surface area contributed by atoms with Crippen molar-refractivity contribution in [1.82, 2.24) is 0 Å².